The Balaban J connectivity index is 2.44. The summed E-state index contributed by atoms with van der Waals surface area (Å²) in [6, 6.07) is 5.62. The molecular formula is C13H17N3O. The predicted octanol–water partition coefficient (Wildman–Crippen LogP) is 1.48. The van der Waals surface area contributed by atoms with Gasteiger partial charge >= 0.3 is 0 Å². The van der Waals surface area contributed by atoms with Crippen LogP contribution in [0.2, 0.25) is 0 Å². The van der Waals surface area contributed by atoms with E-state index in [0.717, 1.165) is 11.1 Å². The van der Waals surface area contributed by atoms with Gasteiger partial charge in [0, 0.05) is 11.3 Å². The highest BCUT2D eigenvalue weighted by atomic mass is 16.2. The molecule has 1 aromatic carbocycles. The van der Waals surface area contributed by atoms with Gasteiger partial charge in [-0.15, -0.1) is 0 Å². The third-order valence-corrected chi connectivity index (χ3v) is 3.23. The van der Waals surface area contributed by atoms with Crippen molar-refractivity contribution in [3.05, 3.63) is 29.3 Å². The molecule has 1 aromatic rings. The average molecular weight is 231 g/mol. The minimum Gasteiger partial charge on any atom is -0.399 e. The fourth-order valence-corrected chi connectivity index (χ4v) is 1.83. The molecule has 0 saturated carbocycles. The zero-order valence-electron chi connectivity index (χ0n) is 10.3. The Morgan fingerprint density at radius 1 is 1.35 bits per heavy atom. The molecule has 0 saturated heterocycles. The van der Waals surface area contributed by atoms with Crippen LogP contribution >= 0.6 is 0 Å². The van der Waals surface area contributed by atoms with Gasteiger partial charge in [-0.3, -0.25) is 9.79 Å². The molecule has 0 fully saturated rings. The van der Waals surface area contributed by atoms with Crippen molar-refractivity contribution in [2.45, 2.75) is 26.8 Å². The Kier molecular flexibility index (Phi) is 2.88. The van der Waals surface area contributed by atoms with E-state index < -0.39 is 0 Å². The zero-order valence-corrected chi connectivity index (χ0v) is 10.3. The molecule has 0 radical (unpaired) electrons. The van der Waals surface area contributed by atoms with E-state index in [0.29, 0.717) is 11.5 Å². The quantitative estimate of drug-likeness (QED) is 0.719. The van der Waals surface area contributed by atoms with Crippen molar-refractivity contribution in [1.29, 1.82) is 0 Å². The molecule has 0 bridgehead atoms. The predicted molar refractivity (Wildman–Crippen MR) is 68.9 cm³/mol. The molecule has 2 rings (SSSR count). The number of rotatable bonds is 1. The van der Waals surface area contributed by atoms with E-state index in [-0.39, 0.29) is 17.9 Å². The summed E-state index contributed by atoms with van der Waals surface area (Å²) < 4.78 is 0. The summed E-state index contributed by atoms with van der Waals surface area (Å²) >= 11 is 0. The van der Waals surface area contributed by atoms with Crippen LogP contribution in [0.4, 0.5) is 5.69 Å². The normalized spacial score (nSPS) is 24.2. The van der Waals surface area contributed by atoms with E-state index in [1.807, 2.05) is 39.0 Å². The van der Waals surface area contributed by atoms with Gasteiger partial charge < -0.3 is 11.1 Å². The van der Waals surface area contributed by atoms with Crippen LogP contribution < -0.4 is 11.1 Å². The summed E-state index contributed by atoms with van der Waals surface area (Å²) in [5, 5.41) is 2.84. The number of anilines is 1. The molecule has 1 amide bonds. The fourth-order valence-electron chi connectivity index (χ4n) is 1.83. The Hall–Kier alpha value is -1.84. The lowest BCUT2D eigenvalue weighted by Crippen LogP contribution is -2.44. The molecule has 0 aliphatic carbocycles. The van der Waals surface area contributed by atoms with Crippen LogP contribution in [-0.2, 0) is 4.79 Å². The number of nitrogens with one attached hydrogen (secondary N) is 1. The van der Waals surface area contributed by atoms with Gasteiger partial charge in [0.2, 0.25) is 5.91 Å². The number of nitrogen functional groups attached to an aromatic ring is 1. The van der Waals surface area contributed by atoms with Gasteiger partial charge in [0.1, 0.15) is 5.84 Å². The lowest BCUT2D eigenvalue weighted by Gasteiger charge is -2.24. The Bertz CT molecular complexity index is 493. The Morgan fingerprint density at radius 2 is 2.06 bits per heavy atom. The van der Waals surface area contributed by atoms with Crippen molar-refractivity contribution in [3.8, 4) is 0 Å². The van der Waals surface area contributed by atoms with Gasteiger partial charge in [-0.25, -0.2) is 0 Å². The van der Waals surface area contributed by atoms with Crippen LogP contribution in [0.5, 0.6) is 0 Å². The van der Waals surface area contributed by atoms with Crippen LogP contribution in [-0.4, -0.2) is 17.8 Å². The second-order valence-electron chi connectivity index (χ2n) is 4.57. The van der Waals surface area contributed by atoms with Gasteiger partial charge in [0.05, 0.1) is 12.0 Å². The SMILES string of the molecule is Cc1ccc(N)cc1C1=NC(C)C(C)C(=O)N1. The summed E-state index contributed by atoms with van der Waals surface area (Å²) in [7, 11) is 0. The summed E-state index contributed by atoms with van der Waals surface area (Å²) in [6.45, 7) is 5.81. The minimum atomic E-state index is -0.0832. The first kappa shape index (κ1) is 11.6. The molecule has 2 atom stereocenters. The van der Waals surface area contributed by atoms with Crippen molar-refractivity contribution < 1.29 is 4.79 Å². The van der Waals surface area contributed by atoms with Gasteiger partial charge in [0.25, 0.3) is 0 Å². The number of hydrogen-bond donors (Lipinski definition) is 2. The lowest BCUT2D eigenvalue weighted by molar-refractivity contribution is -0.123. The number of benzene rings is 1. The Morgan fingerprint density at radius 3 is 2.71 bits per heavy atom. The first-order chi connectivity index (χ1) is 7.99. The molecule has 17 heavy (non-hydrogen) atoms. The first-order valence-corrected chi connectivity index (χ1v) is 5.74. The maximum Gasteiger partial charge on any atom is 0.230 e. The minimum absolute atomic E-state index is 0.000388. The van der Waals surface area contributed by atoms with Crippen LogP contribution in [0.25, 0.3) is 0 Å². The highest BCUT2D eigenvalue weighted by molar-refractivity contribution is 6.11. The number of carbonyl (C=O) groups is 1. The molecular weight excluding hydrogens is 214 g/mol. The Labute approximate surface area is 101 Å². The van der Waals surface area contributed by atoms with Gasteiger partial charge in [-0.2, -0.15) is 0 Å². The van der Waals surface area contributed by atoms with E-state index in [2.05, 4.69) is 10.3 Å². The maximum absolute atomic E-state index is 11.8. The number of carbonyl (C=O) groups excluding carboxylic acids is 1. The molecule has 4 nitrogen and oxygen atoms in total. The number of nitrogens with zero attached hydrogens (tertiary/aromatic N) is 1. The average Bonchev–Trinajstić information content (AvgIpc) is 2.28. The van der Waals surface area contributed by atoms with E-state index in [4.69, 9.17) is 5.73 Å². The highest BCUT2D eigenvalue weighted by Crippen LogP contribution is 2.18. The standard InChI is InChI=1S/C13H17N3O/c1-7-4-5-10(14)6-11(7)12-15-9(3)8(2)13(17)16-12/h4-6,8-9H,14H2,1-3H3,(H,15,16,17). The van der Waals surface area contributed by atoms with Crippen molar-refractivity contribution in [1.82, 2.24) is 5.32 Å². The molecule has 0 spiro atoms. The number of aliphatic imine (C=N–C) groups is 1. The number of amidine groups is 1. The van der Waals surface area contributed by atoms with Crippen LogP contribution in [0.1, 0.15) is 25.0 Å². The number of aryl methyl sites for hydroxylation is 1. The third-order valence-electron chi connectivity index (χ3n) is 3.23. The number of amides is 1. The van der Waals surface area contributed by atoms with E-state index in [9.17, 15) is 4.79 Å². The van der Waals surface area contributed by atoms with E-state index >= 15 is 0 Å². The monoisotopic (exact) mass is 231 g/mol. The lowest BCUT2D eigenvalue weighted by atomic mass is 9.99. The number of hydrogen-bond acceptors (Lipinski definition) is 3. The molecule has 2 unspecified atom stereocenters. The topological polar surface area (TPSA) is 67.5 Å². The van der Waals surface area contributed by atoms with Crippen molar-refractivity contribution in [2.24, 2.45) is 10.9 Å². The van der Waals surface area contributed by atoms with Crippen LogP contribution in [0, 0.1) is 12.8 Å². The third kappa shape index (κ3) is 2.16. The van der Waals surface area contributed by atoms with Gasteiger partial charge in [-0.1, -0.05) is 13.0 Å². The molecule has 4 heteroatoms. The summed E-state index contributed by atoms with van der Waals surface area (Å²) in [5.41, 5.74) is 8.39. The van der Waals surface area contributed by atoms with E-state index in [1.165, 1.54) is 0 Å². The number of nitrogens with two attached hydrogens (primary N) is 1. The second-order valence-corrected chi connectivity index (χ2v) is 4.57. The van der Waals surface area contributed by atoms with E-state index in [1.54, 1.807) is 0 Å². The van der Waals surface area contributed by atoms with Gasteiger partial charge in [0.15, 0.2) is 0 Å². The molecule has 0 aromatic heterocycles. The smallest absolute Gasteiger partial charge is 0.230 e. The molecule has 1 aliphatic rings. The summed E-state index contributed by atoms with van der Waals surface area (Å²) in [5.74, 6) is 0.565. The second kappa shape index (κ2) is 4.20. The molecule has 90 valence electrons. The summed E-state index contributed by atoms with van der Waals surface area (Å²) in [4.78, 5) is 16.3. The summed E-state index contributed by atoms with van der Waals surface area (Å²) in [6.07, 6.45) is 0. The molecule has 1 heterocycles. The van der Waals surface area contributed by atoms with Crippen LogP contribution in [0.15, 0.2) is 23.2 Å². The van der Waals surface area contributed by atoms with Crippen molar-refractivity contribution in [3.63, 3.8) is 0 Å². The molecule has 1 aliphatic heterocycles. The van der Waals surface area contributed by atoms with Crippen molar-refractivity contribution in [2.75, 3.05) is 5.73 Å². The molecule has 3 N–H and O–H groups in total. The first-order valence-electron chi connectivity index (χ1n) is 5.74. The zero-order chi connectivity index (χ0) is 12.6. The van der Waals surface area contributed by atoms with Gasteiger partial charge in [-0.05, 0) is 31.5 Å². The van der Waals surface area contributed by atoms with Crippen molar-refractivity contribution >= 4 is 17.4 Å². The fraction of sp³-hybridized carbons (Fsp3) is 0.385. The highest BCUT2D eigenvalue weighted by Gasteiger charge is 2.27. The maximum atomic E-state index is 11.8. The van der Waals surface area contributed by atoms with Crippen LogP contribution in [0.3, 0.4) is 0 Å². The largest absolute Gasteiger partial charge is 0.399 e.